The molecule has 5 rings (SSSR count). The number of alkyl halides is 3. The molecular formula is C30H34F3N7O5. The molecule has 3 aliphatic heterocycles. The minimum absolute atomic E-state index is 0.100. The second kappa shape index (κ2) is 13.4. The Morgan fingerprint density at radius 3 is 2.47 bits per heavy atom. The molecule has 3 aliphatic rings. The molecule has 1 atom stereocenters. The fourth-order valence-corrected chi connectivity index (χ4v) is 5.60. The first-order valence-electron chi connectivity index (χ1n) is 14.7. The molecule has 0 saturated carbocycles. The molecular weight excluding hydrogens is 595 g/mol. The Morgan fingerprint density at radius 2 is 1.80 bits per heavy atom. The van der Waals surface area contributed by atoms with E-state index in [9.17, 15) is 32.9 Å². The third-order valence-electron chi connectivity index (χ3n) is 7.95. The summed E-state index contributed by atoms with van der Waals surface area (Å²) in [7, 11) is 0. The van der Waals surface area contributed by atoms with Gasteiger partial charge in [-0.2, -0.15) is 13.2 Å². The van der Waals surface area contributed by atoms with Gasteiger partial charge in [-0.25, -0.2) is 9.78 Å². The summed E-state index contributed by atoms with van der Waals surface area (Å²) in [4.78, 5) is 46.3. The van der Waals surface area contributed by atoms with Gasteiger partial charge in [0.2, 0.25) is 5.76 Å². The van der Waals surface area contributed by atoms with Gasteiger partial charge in [0, 0.05) is 45.3 Å². The fourth-order valence-electron chi connectivity index (χ4n) is 5.60. The van der Waals surface area contributed by atoms with Crippen LogP contribution in [0.5, 0.6) is 0 Å². The first kappa shape index (κ1) is 31.6. The molecule has 2 fully saturated rings. The number of nitro groups is 1. The molecule has 15 heteroatoms. The Bertz CT molecular complexity index is 1490. The van der Waals surface area contributed by atoms with Gasteiger partial charge in [0.05, 0.1) is 22.4 Å². The lowest BCUT2D eigenvalue weighted by atomic mass is 10.0. The molecule has 12 nitrogen and oxygen atoms in total. The van der Waals surface area contributed by atoms with E-state index in [4.69, 9.17) is 4.74 Å². The number of piperidine rings is 1. The number of halogens is 3. The maximum Gasteiger partial charge on any atom is 0.416 e. The van der Waals surface area contributed by atoms with E-state index in [0.29, 0.717) is 51.0 Å². The van der Waals surface area contributed by atoms with Crippen LogP contribution in [0.4, 0.5) is 40.8 Å². The number of benzene rings is 1. The van der Waals surface area contributed by atoms with E-state index >= 15 is 0 Å². The van der Waals surface area contributed by atoms with E-state index in [-0.39, 0.29) is 35.8 Å². The number of urea groups is 1. The van der Waals surface area contributed by atoms with Gasteiger partial charge in [-0.1, -0.05) is 19.1 Å². The van der Waals surface area contributed by atoms with Gasteiger partial charge >= 0.3 is 12.2 Å². The number of carbonyl (C=O) groups excluding carboxylic acids is 2. The van der Waals surface area contributed by atoms with Crippen LogP contribution in [0.3, 0.4) is 0 Å². The van der Waals surface area contributed by atoms with Crippen molar-refractivity contribution in [3.63, 3.8) is 0 Å². The van der Waals surface area contributed by atoms with Gasteiger partial charge in [0.15, 0.2) is 5.88 Å². The highest BCUT2D eigenvalue weighted by atomic mass is 19.4. The number of aromatic nitrogens is 1. The minimum Gasteiger partial charge on any atom is -0.435 e. The SMILES string of the molecule is CC1CCCN(C2=CCCC(C(F)(F)F)=C(C(=O)Nc3ccc(N4CCN(C(=O)Nc5ccccc5[N+](=O)[O-])CC4)nc3)O2)C1. The second-order valence-corrected chi connectivity index (χ2v) is 11.2. The fraction of sp³-hybridized carbons (Fsp3) is 0.433. The summed E-state index contributed by atoms with van der Waals surface area (Å²) in [6.07, 6.45) is -0.120. The highest BCUT2D eigenvalue weighted by Crippen LogP contribution is 2.37. The lowest BCUT2D eigenvalue weighted by Crippen LogP contribution is -2.50. The van der Waals surface area contributed by atoms with Gasteiger partial charge in [0.1, 0.15) is 11.5 Å². The average Bonchev–Trinajstić information content (AvgIpc) is 3.26. The Kier molecular flexibility index (Phi) is 9.44. The van der Waals surface area contributed by atoms with Crippen LogP contribution in [0.25, 0.3) is 0 Å². The van der Waals surface area contributed by atoms with Crippen molar-refractivity contribution in [2.24, 2.45) is 5.92 Å². The van der Waals surface area contributed by atoms with Crippen LogP contribution in [0.2, 0.25) is 0 Å². The number of nitrogens with zero attached hydrogens (tertiary/aromatic N) is 5. The van der Waals surface area contributed by atoms with Crippen molar-refractivity contribution in [3.8, 4) is 0 Å². The summed E-state index contributed by atoms with van der Waals surface area (Å²) >= 11 is 0. The van der Waals surface area contributed by atoms with Gasteiger partial charge in [-0.15, -0.1) is 0 Å². The summed E-state index contributed by atoms with van der Waals surface area (Å²) in [5.41, 5.74) is -0.907. The molecule has 4 heterocycles. The zero-order valence-electron chi connectivity index (χ0n) is 24.7. The van der Waals surface area contributed by atoms with Crippen LogP contribution < -0.4 is 15.5 Å². The summed E-state index contributed by atoms with van der Waals surface area (Å²) in [5.74, 6) is -0.582. The van der Waals surface area contributed by atoms with Crippen molar-refractivity contribution in [1.29, 1.82) is 0 Å². The number of hydrogen-bond acceptors (Lipinski definition) is 8. The number of allylic oxidation sites excluding steroid dienone is 2. The minimum atomic E-state index is -4.73. The van der Waals surface area contributed by atoms with E-state index < -0.39 is 34.4 Å². The van der Waals surface area contributed by atoms with Gasteiger partial charge in [-0.05, 0) is 55.9 Å². The summed E-state index contributed by atoms with van der Waals surface area (Å²) in [6, 6.07) is 8.60. The third kappa shape index (κ3) is 7.64. The highest BCUT2D eigenvalue weighted by Gasteiger charge is 2.41. The molecule has 2 N–H and O–H groups in total. The van der Waals surface area contributed by atoms with Crippen LogP contribution in [0.1, 0.15) is 32.6 Å². The molecule has 1 unspecified atom stereocenters. The number of ether oxygens (including phenoxy) is 1. The molecule has 0 bridgehead atoms. The number of carbonyl (C=O) groups is 2. The third-order valence-corrected chi connectivity index (χ3v) is 7.95. The zero-order valence-corrected chi connectivity index (χ0v) is 24.7. The molecule has 1 aromatic heterocycles. The summed E-state index contributed by atoms with van der Waals surface area (Å²) in [5, 5.41) is 16.3. The van der Waals surface area contributed by atoms with Crippen LogP contribution >= 0.6 is 0 Å². The molecule has 2 aromatic rings. The van der Waals surface area contributed by atoms with Crippen molar-refractivity contribution in [1.82, 2.24) is 14.8 Å². The monoisotopic (exact) mass is 629 g/mol. The van der Waals surface area contributed by atoms with Crippen molar-refractivity contribution in [2.45, 2.75) is 38.8 Å². The lowest BCUT2D eigenvalue weighted by molar-refractivity contribution is -0.383. The summed E-state index contributed by atoms with van der Waals surface area (Å²) < 4.78 is 47.6. The van der Waals surface area contributed by atoms with Gasteiger partial charge in [-0.3, -0.25) is 14.9 Å². The molecule has 240 valence electrons. The molecule has 0 spiro atoms. The lowest BCUT2D eigenvalue weighted by Gasteiger charge is -2.35. The van der Waals surface area contributed by atoms with Gasteiger partial charge < -0.3 is 30.1 Å². The maximum atomic E-state index is 14.0. The normalized spacial score (nSPS) is 19.3. The number of rotatable bonds is 6. The summed E-state index contributed by atoms with van der Waals surface area (Å²) in [6.45, 7) is 4.84. The smallest absolute Gasteiger partial charge is 0.416 e. The van der Waals surface area contributed by atoms with Gasteiger partial charge in [0.25, 0.3) is 11.6 Å². The van der Waals surface area contributed by atoms with Crippen molar-refractivity contribution in [2.75, 3.05) is 54.8 Å². The number of nitrogens with one attached hydrogen (secondary N) is 2. The van der Waals surface area contributed by atoms with E-state index in [0.717, 1.165) is 12.8 Å². The van der Waals surface area contributed by atoms with Crippen LogP contribution in [-0.4, -0.2) is 77.1 Å². The van der Waals surface area contributed by atoms with Crippen molar-refractivity contribution < 1.29 is 32.4 Å². The van der Waals surface area contributed by atoms with Crippen LogP contribution in [0, 0.1) is 16.0 Å². The Balaban J connectivity index is 1.20. The number of amides is 3. The Labute approximate surface area is 257 Å². The van der Waals surface area contributed by atoms with Crippen molar-refractivity contribution >= 4 is 34.8 Å². The molecule has 0 aliphatic carbocycles. The molecule has 3 amide bonds. The van der Waals surface area contributed by atoms with E-state index in [1.807, 2.05) is 9.80 Å². The van der Waals surface area contributed by atoms with E-state index in [2.05, 4.69) is 22.5 Å². The first-order chi connectivity index (χ1) is 21.5. The number of para-hydroxylation sites is 2. The number of nitro benzene ring substituents is 1. The number of likely N-dealkylation sites (tertiary alicyclic amines) is 1. The largest absolute Gasteiger partial charge is 0.435 e. The Morgan fingerprint density at radius 1 is 1.04 bits per heavy atom. The number of anilines is 3. The predicted molar refractivity (Wildman–Crippen MR) is 160 cm³/mol. The number of hydrogen-bond donors (Lipinski definition) is 2. The van der Waals surface area contributed by atoms with Crippen LogP contribution in [0.15, 0.2) is 65.9 Å². The van der Waals surface area contributed by atoms with Crippen LogP contribution in [-0.2, 0) is 9.53 Å². The first-order valence-corrected chi connectivity index (χ1v) is 14.7. The average molecular weight is 630 g/mol. The number of pyridine rings is 1. The highest BCUT2D eigenvalue weighted by molar-refractivity contribution is 6.03. The van der Waals surface area contributed by atoms with E-state index in [1.54, 1.807) is 24.3 Å². The zero-order chi connectivity index (χ0) is 32.1. The van der Waals surface area contributed by atoms with Crippen molar-refractivity contribution in [3.05, 3.63) is 76.0 Å². The topological polar surface area (TPSA) is 133 Å². The molecule has 1 aromatic carbocycles. The van der Waals surface area contributed by atoms with E-state index in [1.165, 1.54) is 29.3 Å². The maximum absolute atomic E-state index is 14.0. The molecule has 0 radical (unpaired) electrons. The number of piperazine rings is 1. The predicted octanol–water partition coefficient (Wildman–Crippen LogP) is 5.48. The Hall–Kier alpha value is -4.82. The molecule has 45 heavy (non-hydrogen) atoms. The molecule has 2 saturated heterocycles. The standard InChI is InChI=1S/C30H34F3N7O5/c1-20-6-5-13-39(19-20)26-10-4-7-22(30(31,32)33)27(45-26)28(41)35-21-11-12-25(34-18-21)37-14-16-38(17-15-37)29(42)36-23-8-2-3-9-24(23)40(43)44/h2-3,8-12,18,20H,4-7,13-17,19H2,1H3,(H,35,41)(H,36,42). The second-order valence-electron chi connectivity index (χ2n) is 11.2. The quantitative estimate of drug-likeness (QED) is 0.317.